The van der Waals surface area contributed by atoms with E-state index < -0.39 is 17.6 Å². The minimum absolute atomic E-state index is 0.156. The van der Waals surface area contributed by atoms with E-state index in [1.54, 1.807) is 30.3 Å². The number of nitrogens with two attached hydrogens (primary N) is 3. The van der Waals surface area contributed by atoms with Crippen LogP contribution in [-0.4, -0.2) is 32.7 Å². The molecule has 8 N–H and O–H groups in total. The van der Waals surface area contributed by atoms with Crippen LogP contribution in [0, 0.1) is 0 Å². The maximum atomic E-state index is 13.5. The van der Waals surface area contributed by atoms with Gasteiger partial charge in [-0.1, -0.05) is 18.2 Å². The van der Waals surface area contributed by atoms with Crippen LogP contribution in [0.4, 0.5) is 17.1 Å². The summed E-state index contributed by atoms with van der Waals surface area (Å²) in [5.41, 5.74) is 20.0. The summed E-state index contributed by atoms with van der Waals surface area (Å²) in [5, 5.41) is 22.0. The number of nitrogen functional groups attached to an aromatic ring is 3. The smallest absolute Gasteiger partial charge is 0.265 e. The normalized spacial score (nSPS) is 14.6. The van der Waals surface area contributed by atoms with Crippen LogP contribution in [0.3, 0.4) is 0 Å². The highest BCUT2D eigenvalue weighted by Crippen LogP contribution is 2.36. The van der Waals surface area contributed by atoms with Crippen molar-refractivity contribution in [2.24, 2.45) is 0 Å². The van der Waals surface area contributed by atoms with Crippen LogP contribution in [0.5, 0.6) is 0 Å². The summed E-state index contributed by atoms with van der Waals surface area (Å²) in [6, 6.07) is 18.9. The fourth-order valence-corrected chi connectivity index (χ4v) is 3.70. The molecular weight excluding hydrogens is 432 g/mol. The molecule has 0 radical (unpaired) electrons. The molecule has 3 aromatic rings. The zero-order valence-electron chi connectivity index (χ0n) is 18.2. The number of hydrogen-bond donors (Lipinski definition) is 5. The number of aliphatic hydroxyl groups is 2. The molecule has 2 amide bonds. The van der Waals surface area contributed by atoms with Crippen LogP contribution in [0.15, 0.2) is 90.6 Å². The lowest BCUT2D eigenvalue weighted by Gasteiger charge is -2.35. The molecule has 0 aliphatic heterocycles. The van der Waals surface area contributed by atoms with Crippen molar-refractivity contribution in [2.75, 3.05) is 17.2 Å². The molecule has 0 unspecified atom stereocenters. The summed E-state index contributed by atoms with van der Waals surface area (Å²) in [4.78, 5) is 27.7. The lowest BCUT2D eigenvalue weighted by Crippen LogP contribution is -2.47. The molecule has 8 nitrogen and oxygen atoms in total. The summed E-state index contributed by atoms with van der Waals surface area (Å²) < 4.78 is 0. The van der Waals surface area contributed by atoms with Gasteiger partial charge < -0.3 is 27.4 Å². The van der Waals surface area contributed by atoms with Crippen LogP contribution in [0.1, 0.15) is 32.7 Å². The molecule has 4 rings (SSSR count). The highest BCUT2D eigenvalue weighted by atomic mass is 16.5. The summed E-state index contributed by atoms with van der Waals surface area (Å²) in [6.45, 7) is 0. The van der Waals surface area contributed by atoms with Crippen molar-refractivity contribution in [1.82, 2.24) is 4.90 Å². The maximum Gasteiger partial charge on any atom is 0.265 e. The number of hydrogen-bond acceptors (Lipinski definition) is 7. The Kier molecular flexibility index (Phi) is 5.93. The van der Waals surface area contributed by atoms with Crippen LogP contribution in [0.2, 0.25) is 0 Å². The topological polar surface area (TPSA) is 156 Å². The highest BCUT2D eigenvalue weighted by molar-refractivity contribution is 6.12. The Morgan fingerprint density at radius 1 is 0.676 bits per heavy atom. The predicted molar refractivity (Wildman–Crippen MR) is 131 cm³/mol. The Morgan fingerprint density at radius 3 is 1.50 bits per heavy atom. The number of carbonyl (C=O) groups excluding carboxylic acids is 2. The summed E-state index contributed by atoms with van der Waals surface area (Å²) >= 11 is 0. The second-order valence-electron chi connectivity index (χ2n) is 8.05. The number of nitrogens with zero attached hydrogens (tertiary/aromatic N) is 1. The van der Waals surface area contributed by atoms with E-state index in [1.807, 2.05) is 0 Å². The number of benzene rings is 3. The minimum Gasteiger partial charge on any atom is -0.399 e. The molecule has 1 aliphatic carbocycles. The Balaban J connectivity index is 1.80. The average molecular weight is 457 g/mol. The zero-order chi connectivity index (χ0) is 24.5. The first-order valence-electron chi connectivity index (χ1n) is 10.5. The number of imide groups is 1. The minimum atomic E-state index is -2.50. The summed E-state index contributed by atoms with van der Waals surface area (Å²) in [5.74, 6) is -3.96. The highest BCUT2D eigenvalue weighted by Gasteiger charge is 2.41. The van der Waals surface area contributed by atoms with Crippen LogP contribution < -0.4 is 17.2 Å². The van der Waals surface area contributed by atoms with E-state index in [9.17, 15) is 19.8 Å². The first kappa shape index (κ1) is 22.8. The van der Waals surface area contributed by atoms with Gasteiger partial charge in [-0.2, -0.15) is 0 Å². The Morgan fingerprint density at radius 2 is 1.09 bits per heavy atom. The van der Waals surface area contributed by atoms with E-state index in [2.05, 4.69) is 0 Å². The first-order chi connectivity index (χ1) is 16.2. The Labute approximate surface area is 196 Å². The maximum absolute atomic E-state index is 13.5. The van der Waals surface area contributed by atoms with Crippen molar-refractivity contribution in [3.05, 3.63) is 107 Å². The van der Waals surface area contributed by atoms with Crippen LogP contribution >= 0.6 is 0 Å². The zero-order valence-corrected chi connectivity index (χ0v) is 18.2. The van der Waals surface area contributed by atoms with Gasteiger partial charge in [0.05, 0.1) is 5.70 Å². The van der Waals surface area contributed by atoms with Gasteiger partial charge in [-0.25, -0.2) is 4.90 Å². The molecule has 0 saturated heterocycles. The van der Waals surface area contributed by atoms with E-state index in [0.717, 1.165) is 10.5 Å². The number of carbonyl (C=O) groups is 2. The van der Waals surface area contributed by atoms with E-state index in [-0.39, 0.29) is 23.2 Å². The molecule has 0 aromatic heterocycles. The fourth-order valence-electron chi connectivity index (χ4n) is 3.70. The van der Waals surface area contributed by atoms with Crippen molar-refractivity contribution in [3.63, 3.8) is 0 Å². The standard InChI is InChI=1S/C26H24N4O4/c27-20-8-1-16(2-9-20)19-7-14-23(26(33,34)15-19)30(24(31)17-3-10-21(28)11-4-17)25(32)18-5-12-22(29)13-6-18/h1-14,33-34H,15,27-29H2. The van der Waals surface area contributed by atoms with Gasteiger partial charge in [0.2, 0.25) is 5.79 Å². The van der Waals surface area contributed by atoms with E-state index in [4.69, 9.17) is 17.2 Å². The van der Waals surface area contributed by atoms with Crippen LogP contribution in [-0.2, 0) is 0 Å². The second kappa shape index (κ2) is 8.86. The van der Waals surface area contributed by atoms with Gasteiger partial charge in [-0.05, 0) is 77.9 Å². The molecule has 0 atom stereocenters. The van der Waals surface area contributed by atoms with Gasteiger partial charge >= 0.3 is 0 Å². The fraction of sp³-hybridized carbons (Fsp3) is 0.0769. The molecule has 8 heteroatoms. The molecule has 172 valence electrons. The number of allylic oxidation sites excluding steroid dienone is 2. The van der Waals surface area contributed by atoms with Gasteiger partial charge in [0.1, 0.15) is 0 Å². The van der Waals surface area contributed by atoms with Crippen molar-refractivity contribution in [2.45, 2.75) is 12.2 Å². The van der Waals surface area contributed by atoms with Crippen molar-refractivity contribution in [1.29, 1.82) is 0 Å². The number of rotatable bonds is 4. The van der Waals surface area contributed by atoms with E-state index >= 15 is 0 Å². The van der Waals surface area contributed by atoms with E-state index in [0.29, 0.717) is 22.6 Å². The first-order valence-corrected chi connectivity index (χ1v) is 10.5. The second-order valence-corrected chi connectivity index (χ2v) is 8.05. The number of amides is 2. The summed E-state index contributed by atoms with van der Waals surface area (Å²) in [7, 11) is 0. The van der Waals surface area contributed by atoms with Crippen molar-refractivity contribution < 1.29 is 19.8 Å². The van der Waals surface area contributed by atoms with Gasteiger partial charge in [0.25, 0.3) is 11.8 Å². The monoisotopic (exact) mass is 456 g/mol. The molecule has 3 aromatic carbocycles. The van der Waals surface area contributed by atoms with Gasteiger partial charge in [-0.15, -0.1) is 0 Å². The lowest BCUT2D eigenvalue weighted by molar-refractivity contribution is -0.134. The molecule has 0 saturated carbocycles. The van der Waals surface area contributed by atoms with Gasteiger partial charge in [-0.3, -0.25) is 9.59 Å². The SMILES string of the molecule is Nc1ccc(C(=O)N(C(=O)c2ccc(N)cc2)C2=CC=C(c3ccc(N)cc3)CC2(O)O)cc1. The quantitative estimate of drug-likeness (QED) is 0.230. The number of anilines is 3. The molecule has 1 aliphatic rings. The van der Waals surface area contributed by atoms with Gasteiger partial charge in [0.15, 0.2) is 0 Å². The molecule has 0 heterocycles. The van der Waals surface area contributed by atoms with Crippen molar-refractivity contribution >= 4 is 34.4 Å². The predicted octanol–water partition coefficient (Wildman–Crippen LogP) is 2.77. The molecule has 0 bridgehead atoms. The van der Waals surface area contributed by atoms with E-state index in [1.165, 1.54) is 54.6 Å². The van der Waals surface area contributed by atoms with Gasteiger partial charge in [0, 0.05) is 34.6 Å². The molecule has 0 fully saturated rings. The third-order valence-electron chi connectivity index (χ3n) is 5.53. The third-order valence-corrected chi connectivity index (χ3v) is 5.53. The van der Waals surface area contributed by atoms with Crippen LogP contribution in [0.25, 0.3) is 5.57 Å². The largest absolute Gasteiger partial charge is 0.399 e. The Bertz CT molecular complexity index is 1230. The average Bonchev–Trinajstić information content (AvgIpc) is 2.81. The third kappa shape index (κ3) is 4.54. The summed E-state index contributed by atoms with van der Waals surface area (Å²) in [6.07, 6.45) is 2.76. The Hall–Kier alpha value is -4.40. The van der Waals surface area contributed by atoms with Crippen molar-refractivity contribution in [3.8, 4) is 0 Å². The lowest BCUT2D eigenvalue weighted by atomic mass is 9.90. The molecule has 34 heavy (non-hydrogen) atoms. The molecular formula is C26H24N4O4. The molecule has 0 spiro atoms.